The Labute approximate surface area is 146 Å². The molecule has 0 aliphatic rings. The van der Waals surface area contributed by atoms with Gasteiger partial charge in [-0.15, -0.1) is 0 Å². The van der Waals surface area contributed by atoms with E-state index in [0.29, 0.717) is 29.7 Å². The minimum atomic E-state index is -0.264. The molecule has 0 aromatic carbocycles. The van der Waals surface area contributed by atoms with Crippen molar-refractivity contribution in [1.82, 2.24) is 19.7 Å². The lowest BCUT2D eigenvalue weighted by molar-refractivity contribution is 0.102. The number of carbonyl (C=O) groups excluding carboxylic acids is 1. The van der Waals surface area contributed by atoms with Crippen molar-refractivity contribution < 1.29 is 9.53 Å². The molecule has 3 rings (SSSR count). The van der Waals surface area contributed by atoms with Gasteiger partial charge in [0.25, 0.3) is 5.91 Å². The van der Waals surface area contributed by atoms with Crippen LogP contribution in [0.15, 0.2) is 36.8 Å². The van der Waals surface area contributed by atoms with Crippen LogP contribution in [0, 0.1) is 5.92 Å². The van der Waals surface area contributed by atoms with Crippen LogP contribution in [0.5, 0.6) is 5.88 Å². The standard InChI is InChI=1S/C18H21N5O2/c1-4-25-18-15(6-5-7-19-18)22-17(24)14-8-13-10-21-23(11-12(2)3)16(13)20-9-14/h5-10,12H,4,11H2,1-3H3,(H,22,24). The first-order valence-corrected chi connectivity index (χ1v) is 8.29. The Morgan fingerprint density at radius 2 is 2.16 bits per heavy atom. The number of nitrogens with one attached hydrogen (secondary N) is 1. The number of fused-ring (bicyclic) bond motifs is 1. The van der Waals surface area contributed by atoms with Crippen molar-refractivity contribution in [2.45, 2.75) is 27.3 Å². The van der Waals surface area contributed by atoms with Gasteiger partial charge in [0.05, 0.1) is 18.4 Å². The number of ether oxygens (including phenoxy) is 1. The number of nitrogens with zero attached hydrogens (tertiary/aromatic N) is 4. The van der Waals surface area contributed by atoms with Gasteiger partial charge in [-0.1, -0.05) is 13.8 Å². The normalized spacial score (nSPS) is 11.0. The highest BCUT2D eigenvalue weighted by Crippen LogP contribution is 2.22. The van der Waals surface area contributed by atoms with Crippen LogP contribution in [0.2, 0.25) is 0 Å². The molecule has 3 aromatic rings. The predicted octanol–water partition coefficient (Wildman–Crippen LogP) is 3.13. The monoisotopic (exact) mass is 339 g/mol. The van der Waals surface area contributed by atoms with E-state index in [2.05, 4.69) is 34.2 Å². The quantitative estimate of drug-likeness (QED) is 0.746. The van der Waals surface area contributed by atoms with Gasteiger partial charge < -0.3 is 10.1 Å². The van der Waals surface area contributed by atoms with E-state index in [1.165, 1.54) is 0 Å². The second kappa shape index (κ2) is 7.29. The molecule has 3 aromatic heterocycles. The molecule has 0 radical (unpaired) electrons. The van der Waals surface area contributed by atoms with Crippen LogP contribution in [0.4, 0.5) is 5.69 Å². The fourth-order valence-corrected chi connectivity index (χ4v) is 2.51. The maximum atomic E-state index is 12.5. The summed E-state index contributed by atoms with van der Waals surface area (Å²) in [5.41, 5.74) is 1.77. The molecule has 1 N–H and O–H groups in total. The van der Waals surface area contributed by atoms with Crippen molar-refractivity contribution in [1.29, 1.82) is 0 Å². The van der Waals surface area contributed by atoms with E-state index in [-0.39, 0.29) is 5.91 Å². The zero-order valence-corrected chi connectivity index (χ0v) is 14.6. The summed E-state index contributed by atoms with van der Waals surface area (Å²) in [6, 6.07) is 5.29. The zero-order valence-electron chi connectivity index (χ0n) is 14.6. The number of hydrogen-bond acceptors (Lipinski definition) is 5. The topological polar surface area (TPSA) is 81.9 Å². The summed E-state index contributed by atoms with van der Waals surface area (Å²) in [6.45, 7) is 7.38. The van der Waals surface area contributed by atoms with Gasteiger partial charge in [0.1, 0.15) is 5.69 Å². The van der Waals surface area contributed by atoms with Crippen molar-refractivity contribution in [3.05, 3.63) is 42.4 Å². The Morgan fingerprint density at radius 3 is 2.92 bits per heavy atom. The summed E-state index contributed by atoms with van der Waals surface area (Å²) in [5, 5.41) is 8.01. The largest absolute Gasteiger partial charge is 0.476 e. The van der Waals surface area contributed by atoms with Crippen LogP contribution in [-0.4, -0.2) is 32.3 Å². The van der Waals surface area contributed by atoms with Crippen LogP contribution in [0.3, 0.4) is 0 Å². The number of pyridine rings is 2. The van der Waals surface area contributed by atoms with Crippen LogP contribution < -0.4 is 10.1 Å². The summed E-state index contributed by atoms with van der Waals surface area (Å²) in [6.07, 6.45) is 4.92. The molecule has 0 atom stereocenters. The van der Waals surface area contributed by atoms with Gasteiger partial charge in [-0.25, -0.2) is 14.6 Å². The van der Waals surface area contributed by atoms with E-state index in [4.69, 9.17) is 4.74 Å². The van der Waals surface area contributed by atoms with Crippen molar-refractivity contribution in [3.63, 3.8) is 0 Å². The number of rotatable bonds is 6. The molecule has 0 saturated carbocycles. The summed E-state index contributed by atoms with van der Waals surface area (Å²) >= 11 is 0. The molecule has 7 nitrogen and oxygen atoms in total. The number of anilines is 1. The maximum Gasteiger partial charge on any atom is 0.257 e. The third-order valence-corrected chi connectivity index (χ3v) is 3.58. The van der Waals surface area contributed by atoms with E-state index in [0.717, 1.165) is 17.6 Å². The zero-order chi connectivity index (χ0) is 17.8. The molecule has 0 bridgehead atoms. The average Bonchev–Trinajstić information content (AvgIpc) is 2.98. The number of amides is 1. The van der Waals surface area contributed by atoms with Gasteiger partial charge in [-0.05, 0) is 31.0 Å². The third-order valence-electron chi connectivity index (χ3n) is 3.58. The SMILES string of the molecule is CCOc1ncccc1NC(=O)c1cnc2c(cnn2CC(C)C)c1. The van der Waals surface area contributed by atoms with Crippen molar-refractivity contribution in [2.75, 3.05) is 11.9 Å². The van der Waals surface area contributed by atoms with Crippen LogP contribution >= 0.6 is 0 Å². The molecule has 0 unspecified atom stereocenters. The summed E-state index contributed by atoms with van der Waals surface area (Å²) < 4.78 is 7.29. The molecule has 0 spiro atoms. The molecule has 25 heavy (non-hydrogen) atoms. The fourth-order valence-electron chi connectivity index (χ4n) is 2.51. The Balaban J connectivity index is 1.83. The molecule has 0 saturated heterocycles. The second-order valence-corrected chi connectivity index (χ2v) is 6.10. The van der Waals surface area contributed by atoms with Gasteiger partial charge in [-0.3, -0.25) is 4.79 Å². The Bertz CT molecular complexity index is 888. The van der Waals surface area contributed by atoms with E-state index < -0.39 is 0 Å². The van der Waals surface area contributed by atoms with Gasteiger partial charge >= 0.3 is 0 Å². The van der Waals surface area contributed by atoms with E-state index in [1.807, 2.05) is 11.6 Å². The van der Waals surface area contributed by atoms with Crippen molar-refractivity contribution >= 4 is 22.6 Å². The third kappa shape index (κ3) is 3.76. The lowest BCUT2D eigenvalue weighted by Crippen LogP contribution is -2.14. The molecule has 7 heteroatoms. The van der Waals surface area contributed by atoms with E-state index in [1.54, 1.807) is 36.8 Å². The number of carbonyl (C=O) groups is 1. The number of aromatic nitrogens is 4. The van der Waals surface area contributed by atoms with Crippen molar-refractivity contribution in [2.24, 2.45) is 5.92 Å². The smallest absolute Gasteiger partial charge is 0.257 e. The summed E-state index contributed by atoms with van der Waals surface area (Å²) in [4.78, 5) is 21.1. The molecular formula is C18H21N5O2. The highest BCUT2D eigenvalue weighted by Gasteiger charge is 2.13. The van der Waals surface area contributed by atoms with Crippen molar-refractivity contribution in [3.8, 4) is 5.88 Å². The van der Waals surface area contributed by atoms with Gasteiger partial charge in [0.2, 0.25) is 5.88 Å². The minimum absolute atomic E-state index is 0.264. The molecule has 0 aliphatic carbocycles. The highest BCUT2D eigenvalue weighted by atomic mass is 16.5. The Morgan fingerprint density at radius 1 is 1.32 bits per heavy atom. The summed E-state index contributed by atoms with van der Waals surface area (Å²) in [5.74, 6) is 0.604. The molecule has 130 valence electrons. The highest BCUT2D eigenvalue weighted by molar-refractivity contribution is 6.06. The van der Waals surface area contributed by atoms with E-state index >= 15 is 0 Å². The second-order valence-electron chi connectivity index (χ2n) is 6.10. The fraction of sp³-hybridized carbons (Fsp3) is 0.333. The molecule has 0 fully saturated rings. The lowest BCUT2D eigenvalue weighted by Gasteiger charge is -2.10. The Hall–Kier alpha value is -2.96. The molecular weight excluding hydrogens is 318 g/mol. The first-order chi connectivity index (χ1) is 12.1. The Kier molecular flexibility index (Phi) is 4.92. The predicted molar refractivity (Wildman–Crippen MR) is 95.7 cm³/mol. The van der Waals surface area contributed by atoms with E-state index in [9.17, 15) is 4.79 Å². The van der Waals surface area contributed by atoms with Crippen LogP contribution in [0.1, 0.15) is 31.1 Å². The van der Waals surface area contributed by atoms with Gasteiger partial charge in [0, 0.05) is 24.3 Å². The average molecular weight is 339 g/mol. The van der Waals surface area contributed by atoms with Crippen LogP contribution in [-0.2, 0) is 6.54 Å². The van der Waals surface area contributed by atoms with Crippen LogP contribution in [0.25, 0.3) is 11.0 Å². The number of hydrogen-bond donors (Lipinski definition) is 1. The molecule has 1 amide bonds. The first-order valence-electron chi connectivity index (χ1n) is 8.29. The van der Waals surface area contributed by atoms with Gasteiger partial charge in [0.15, 0.2) is 5.65 Å². The molecule has 0 aliphatic heterocycles. The van der Waals surface area contributed by atoms with Gasteiger partial charge in [-0.2, -0.15) is 5.10 Å². The summed E-state index contributed by atoms with van der Waals surface area (Å²) in [7, 11) is 0. The first kappa shape index (κ1) is 16.9. The molecule has 3 heterocycles. The maximum absolute atomic E-state index is 12.5. The lowest BCUT2D eigenvalue weighted by atomic mass is 10.2. The minimum Gasteiger partial charge on any atom is -0.476 e.